The summed E-state index contributed by atoms with van der Waals surface area (Å²) in [6.07, 6.45) is 0. The standard InChI is InChI=1S/C3H2ClS2.ClHO4/c4-3-5-1-2-6-3;2-1(3,4)5/h1-2H;(H,2,3,4,5)/q+1;/p-1. The second-order valence-electron chi connectivity index (χ2n) is 1.12. The van der Waals surface area contributed by atoms with Crippen molar-refractivity contribution in [3.63, 3.8) is 0 Å². The first-order valence-corrected chi connectivity index (χ1v) is 5.39. The van der Waals surface area contributed by atoms with Gasteiger partial charge in [-0.2, -0.15) is 0 Å². The zero-order valence-corrected chi connectivity index (χ0v) is 8.00. The molecule has 1 aromatic heterocycles. The first-order valence-electron chi connectivity index (χ1n) is 2.02. The molecule has 4 nitrogen and oxygen atoms in total. The molecular formula is C3H2Cl2O4S2. The average Bonchev–Trinajstić information content (AvgIpc) is 2.12. The van der Waals surface area contributed by atoms with E-state index in [9.17, 15) is 0 Å². The van der Waals surface area contributed by atoms with Crippen LogP contribution in [-0.2, 0) is 0 Å². The predicted molar refractivity (Wildman–Crippen MR) is 31.6 cm³/mol. The van der Waals surface area contributed by atoms with Crippen LogP contribution in [0.25, 0.3) is 0 Å². The Morgan fingerprint density at radius 3 is 1.91 bits per heavy atom. The molecule has 8 heteroatoms. The van der Waals surface area contributed by atoms with Crippen molar-refractivity contribution in [2.24, 2.45) is 0 Å². The molecule has 0 radical (unpaired) electrons. The van der Waals surface area contributed by atoms with E-state index in [0.717, 1.165) is 3.65 Å². The maximum Gasteiger partial charge on any atom is 0.346 e. The van der Waals surface area contributed by atoms with Crippen molar-refractivity contribution in [3.8, 4) is 0 Å². The SMILES string of the molecule is Clc1scc[s+]1.[O-][Cl+3]([O-])([O-])[O-]. The maximum atomic E-state index is 8.49. The molecule has 0 aromatic carbocycles. The normalized spacial score (nSPS) is 10.3. The Morgan fingerprint density at radius 1 is 1.36 bits per heavy atom. The van der Waals surface area contributed by atoms with Crippen LogP contribution in [0.2, 0.25) is 3.65 Å². The molecule has 0 spiro atoms. The summed E-state index contributed by atoms with van der Waals surface area (Å²) in [4.78, 5) is 0. The van der Waals surface area contributed by atoms with Gasteiger partial charge in [-0.1, -0.05) is 0 Å². The molecule has 0 aliphatic rings. The summed E-state index contributed by atoms with van der Waals surface area (Å²) in [5.41, 5.74) is 0. The van der Waals surface area contributed by atoms with Gasteiger partial charge in [0.25, 0.3) is 0 Å². The van der Waals surface area contributed by atoms with Crippen molar-refractivity contribution in [2.45, 2.75) is 0 Å². The molecule has 0 bridgehead atoms. The lowest BCUT2D eigenvalue weighted by Crippen LogP contribution is -2.68. The fourth-order valence-corrected chi connectivity index (χ4v) is 1.71. The Morgan fingerprint density at radius 2 is 1.82 bits per heavy atom. The Hall–Kier alpha value is 0.470. The highest BCUT2D eigenvalue weighted by Gasteiger charge is 1.96. The first-order chi connectivity index (χ1) is 4.89. The lowest BCUT2D eigenvalue weighted by Gasteiger charge is -2.17. The van der Waals surface area contributed by atoms with Gasteiger partial charge in [0.05, 0.1) is 22.7 Å². The van der Waals surface area contributed by atoms with E-state index in [0.29, 0.717) is 0 Å². The largest absolute Gasteiger partial charge is 0.346 e. The third kappa shape index (κ3) is 13.5. The van der Waals surface area contributed by atoms with Gasteiger partial charge in [-0.25, -0.2) is 18.6 Å². The van der Waals surface area contributed by atoms with Crippen LogP contribution in [0, 0.1) is 10.2 Å². The van der Waals surface area contributed by atoms with Gasteiger partial charge in [0.1, 0.15) is 10.8 Å². The molecule has 11 heavy (non-hydrogen) atoms. The fourth-order valence-electron chi connectivity index (χ4n) is 0.190. The molecule has 0 fully saturated rings. The minimum Gasteiger partial charge on any atom is -0.222 e. The quantitative estimate of drug-likeness (QED) is 0.487. The van der Waals surface area contributed by atoms with Crippen molar-refractivity contribution in [2.75, 3.05) is 0 Å². The molecule has 0 N–H and O–H groups in total. The minimum absolute atomic E-state index is 0.898. The van der Waals surface area contributed by atoms with Crippen LogP contribution in [0.5, 0.6) is 0 Å². The topological polar surface area (TPSA) is 92.2 Å². The first kappa shape index (κ1) is 11.5. The summed E-state index contributed by atoms with van der Waals surface area (Å²) in [7, 11) is -4.94. The Labute approximate surface area is 77.7 Å². The minimum atomic E-state index is -4.94. The second kappa shape index (κ2) is 5.18. The Balaban J connectivity index is 0.000000187. The van der Waals surface area contributed by atoms with E-state index in [4.69, 9.17) is 30.2 Å². The van der Waals surface area contributed by atoms with Gasteiger partial charge in [-0.15, -0.1) is 10.2 Å². The van der Waals surface area contributed by atoms with E-state index in [1.54, 1.807) is 22.7 Å². The van der Waals surface area contributed by atoms with Crippen LogP contribution in [-0.4, -0.2) is 0 Å². The van der Waals surface area contributed by atoms with Crippen LogP contribution in [0.1, 0.15) is 0 Å². The monoisotopic (exact) mass is 236 g/mol. The summed E-state index contributed by atoms with van der Waals surface area (Å²) in [6.45, 7) is 0. The summed E-state index contributed by atoms with van der Waals surface area (Å²) in [5.74, 6) is 0. The van der Waals surface area contributed by atoms with E-state index in [2.05, 4.69) is 0 Å². The van der Waals surface area contributed by atoms with Crippen LogP contribution in [0.3, 0.4) is 0 Å². The van der Waals surface area contributed by atoms with E-state index < -0.39 is 10.2 Å². The van der Waals surface area contributed by atoms with Crippen molar-refractivity contribution in [1.82, 2.24) is 0 Å². The van der Waals surface area contributed by atoms with Gasteiger partial charge in [0, 0.05) is 0 Å². The number of hydrogen-bond acceptors (Lipinski definition) is 5. The maximum absolute atomic E-state index is 8.49. The molecule has 0 atom stereocenters. The molecule has 0 saturated carbocycles. The van der Waals surface area contributed by atoms with Crippen LogP contribution >= 0.6 is 34.3 Å². The molecular weight excluding hydrogens is 235 g/mol. The van der Waals surface area contributed by atoms with E-state index in [1.807, 2.05) is 10.8 Å². The van der Waals surface area contributed by atoms with Crippen molar-refractivity contribution in [1.29, 1.82) is 0 Å². The van der Waals surface area contributed by atoms with Gasteiger partial charge < -0.3 is 0 Å². The number of halogens is 2. The molecule has 0 aliphatic heterocycles. The number of rotatable bonds is 0. The van der Waals surface area contributed by atoms with Gasteiger partial charge in [-0.05, 0) is 11.6 Å². The molecule has 1 heterocycles. The van der Waals surface area contributed by atoms with Gasteiger partial charge >= 0.3 is 3.65 Å². The van der Waals surface area contributed by atoms with E-state index >= 15 is 0 Å². The van der Waals surface area contributed by atoms with Gasteiger partial charge in [-0.3, -0.25) is 0 Å². The second-order valence-corrected chi connectivity index (χ2v) is 4.80. The lowest BCUT2D eigenvalue weighted by molar-refractivity contribution is -2.00. The average molecular weight is 237 g/mol. The highest BCUT2D eigenvalue weighted by Crippen LogP contribution is 2.20. The number of hydrogen-bond donors (Lipinski definition) is 0. The van der Waals surface area contributed by atoms with Gasteiger partial charge in [0.2, 0.25) is 0 Å². The zero-order chi connectivity index (χ0) is 8.91. The van der Waals surface area contributed by atoms with Gasteiger partial charge in [0.15, 0.2) is 0 Å². The van der Waals surface area contributed by atoms with Crippen LogP contribution < -0.4 is 18.6 Å². The zero-order valence-electron chi connectivity index (χ0n) is 4.86. The summed E-state index contributed by atoms with van der Waals surface area (Å²) < 4.78 is 34.9. The van der Waals surface area contributed by atoms with Crippen LogP contribution in [0.4, 0.5) is 0 Å². The van der Waals surface area contributed by atoms with Crippen molar-refractivity contribution in [3.05, 3.63) is 14.4 Å². The molecule has 0 saturated heterocycles. The molecule has 0 amide bonds. The summed E-state index contributed by atoms with van der Waals surface area (Å²) in [5, 5.41) is 3.93. The predicted octanol–water partition coefficient (Wildman–Crippen LogP) is -2.01. The summed E-state index contributed by atoms with van der Waals surface area (Å²) in [6, 6.07) is 0. The molecule has 64 valence electrons. The molecule has 0 unspecified atom stereocenters. The smallest absolute Gasteiger partial charge is 0.222 e. The Kier molecular flexibility index (Phi) is 5.40. The van der Waals surface area contributed by atoms with Crippen molar-refractivity contribution < 1.29 is 28.9 Å². The van der Waals surface area contributed by atoms with Crippen LogP contribution in [0.15, 0.2) is 10.8 Å². The van der Waals surface area contributed by atoms with E-state index in [1.165, 1.54) is 0 Å². The lowest BCUT2D eigenvalue weighted by atomic mass is 11.2. The van der Waals surface area contributed by atoms with Crippen molar-refractivity contribution >= 4 is 34.3 Å². The Bertz CT molecular complexity index is 178. The highest BCUT2D eigenvalue weighted by atomic mass is 35.7. The molecule has 1 aromatic rings. The highest BCUT2D eigenvalue weighted by molar-refractivity contribution is 7.33. The van der Waals surface area contributed by atoms with E-state index in [-0.39, 0.29) is 0 Å². The fraction of sp³-hybridized carbons (Fsp3) is 0. The molecule has 1 rings (SSSR count). The summed E-state index contributed by atoms with van der Waals surface area (Å²) >= 11 is 8.62. The third-order valence-corrected chi connectivity index (χ3v) is 2.58. The molecule has 0 aliphatic carbocycles. The third-order valence-electron chi connectivity index (χ3n) is 0.377.